The molecule has 1 N–H and O–H groups in total. The molecular formula is C15H28N2. The molecule has 2 heteroatoms. The maximum absolute atomic E-state index is 3.91. The number of hydrogen-bond acceptors (Lipinski definition) is 2. The second-order valence-corrected chi connectivity index (χ2v) is 7.33. The molecule has 0 aromatic heterocycles. The molecular weight excluding hydrogens is 208 g/mol. The van der Waals surface area contributed by atoms with Crippen molar-refractivity contribution >= 4 is 0 Å². The summed E-state index contributed by atoms with van der Waals surface area (Å²) in [7, 11) is 0. The topological polar surface area (TPSA) is 15.3 Å². The van der Waals surface area contributed by atoms with E-state index in [0.29, 0.717) is 11.1 Å². The van der Waals surface area contributed by atoms with E-state index in [4.69, 9.17) is 0 Å². The zero-order valence-corrected chi connectivity index (χ0v) is 11.6. The highest BCUT2D eigenvalue weighted by Gasteiger charge is 2.44. The molecule has 1 aliphatic heterocycles. The Morgan fingerprint density at radius 3 is 2.47 bits per heavy atom. The highest BCUT2D eigenvalue weighted by atomic mass is 15.3. The Morgan fingerprint density at radius 1 is 1.12 bits per heavy atom. The minimum atomic E-state index is 0.366. The number of nitrogens with zero attached hydrogens (tertiary/aromatic N) is 1. The lowest BCUT2D eigenvalue weighted by Gasteiger charge is -2.53. The Bertz CT molecular complexity index is 275. The van der Waals surface area contributed by atoms with Gasteiger partial charge in [-0.1, -0.05) is 19.3 Å². The fourth-order valence-electron chi connectivity index (χ4n) is 3.64. The first-order valence-corrected chi connectivity index (χ1v) is 7.60. The second kappa shape index (κ2) is 4.24. The van der Waals surface area contributed by atoms with Gasteiger partial charge in [-0.15, -0.1) is 0 Å². The van der Waals surface area contributed by atoms with E-state index < -0.39 is 0 Å². The Balaban J connectivity index is 1.69. The molecule has 0 aromatic carbocycles. The van der Waals surface area contributed by atoms with Crippen LogP contribution >= 0.6 is 0 Å². The van der Waals surface area contributed by atoms with Gasteiger partial charge >= 0.3 is 0 Å². The fourth-order valence-corrected chi connectivity index (χ4v) is 3.64. The first kappa shape index (κ1) is 12.0. The zero-order valence-electron chi connectivity index (χ0n) is 11.6. The molecule has 17 heavy (non-hydrogen) atoms. The van der Waals surface area contributed by atoms with Gasteiger partial charge in [0.05, 0.1) is 0 Å². The lowest BCUT2D eigenvalue weighted by atomic mass is 9.77. The standard InChI is InChI=1S/C15H28N2/c1-14(2)11-16-15(8-4-3-5-9-15)12-17(14)10-13-6-7-13/h13,16H,3-12H2,1-2H3. The van der Waals surface area contributed by atoms with Crippen LogP contribution in [0.4, 0.5) is 0 Å². The van der Waals surface area contributed by atoms with Crippen LogP contribution in [0.3, 0.4) is 0 Å². The van der Waals surface area contributed by atoms with Crippen LogP contribution in [0, 0.1) is 5.92 Å². The molecule has 0 aromatic rings. The maximum Gasteiger partial charge on any atom is 0.0309 e. The van der Waals surface area contributed by atoms with Crippen LogP contribution in [-0.2, 0) is 0 Å². The normalized spacial score (nSPS) is 32.8. The number of piperazine rings is 1. The van der Waals surface area contributed by atoms with Gasteiger partial charge in [0.1, 0.15) is 0 Å². The van der Waals surface area contributed by atoms with Crippen molar-refractivity contribution in [2.75, 3.05) is 19.6 Å². The third-order valence-corrected chi connectivity index (χ3v) is 5.23. The summed E-state index contributed by atoms with van der Waals surface area (Å²) in [4.78, 5) is 2.80. The van der Waals surface area contributed by atoms with Crippen molar-refractivity contribution in [2.24, 2.45) is 5.92 Å². The zero-order chi connectivity index (χ0) is 11.9. The van der Waals surface area contributed by atoms with Crippen LogP contribution < -0.4 is 5.32 Å². The lowest BCUT2D eigenvalue weighted by molar-refractivity contribution is 0.00774. The third-order valence-electron chi connectivity index (χ3n) is 5.23. The molecule has 3 aliphatic rings. The smallest absolute Gasteiger partial charge is 0.0309 e. The monoisotopic (exact) mass is 236 g/mol. The van der Waals surface area contributed by atoms with Gasteiger partial charge in [-0.2, -0.15) is 0 Å². The summed E-state index contributed by atoms with van der Waals surface area (Å²) in [5.74, 6) is 1.02. The van der Waals surface area contributed by atoms with Gasteiger partial charge in [0.2, 0.25) is 0 Å². The number of rotatable bonds is 2. The molecule has 2 aliphatic carbocycles. The maximum atomic E-state index is 3.91. The minimum absolute atomic E-state index is 0.366. The van der Waals surface area contributed by atoms with Crippen molar-refractivity contribution in [3.05, 3.63) is 0 Å². The van der Waals surface area contributed by atoms with E-state index in [2.05, 4.69) is 24.1 Å². The van der Waals surface area contributed by atoms with Crippen LogP contribution in [0.15, 0.2) is 0 Å². The molecule has 0 radical (unpaired) electrons. The summed E-state index contributed by atoms with van der Waals surface area (Å²) in [6.45, 7) is 8.67. The molecule has 0 amide bonds. The predicted octanol–water partition coefficient (Wildman–Crippen LogP) is 2.78. The van der Waals surface area contributed by atoms with Gasteiger partial charge in [0.15, 0.2) is 0 Å². The quantitative estimate of drug-likeness (QED) is 0.793. The van der Waals surface area contributed by atoms with Crippen molar-refractivity contribution < 1.29 is 0 Å². The second-order valence-electron chi connectivity index (χ2n) is 7.33. The van der Waals surface area contributed by atoms with E-state index in [0.717, 1.165) is 5.92 Å². The van der Waals surface area contributed by atoms with Crippen molar-refractivity contribution in [3.63, 3.8) is 0 Å². The third kappa shape index (κ3) is 2.53. The predicted molar refractivity (Wildman–Crippen MR) is 72.2 cm³/mol. The summed E-state index contributed by atoms with van der Waals surface area (Å²) in [6.07, 6.45) is 10.1. The summed E-state index contributed by atoms with van der Waals surface area (Å²) >= 11 is 0. The molecule has 1 heterocycles. The molecule has 0 atom stereocenters. The molecule has 3 rings (SSSR count). The Kier molecular flexibility index (Phi) is 2.99. The summed E-state index contributed by atoms with van der Waals surface area (Å²) in [5, 5.41) is 3.91. The molecule has 3 fully saturated rings. The van der Waals surface area contributed by atoms with Gasteiger partial charge < -0.3 is 5.32 Å². The fraction of sp³-hybridized carbons (Fsp3) is 1.00. The summed E-state index contributed by atoms with van der Waals surface area (Å²) in [5.41, 5.74) is 0.841. The lowest BCUT2D eigenvalue weighted by Crippen LogP contribution is -2.68. The van der Waals surface area contributed by atoms with Gasteiger partial charge in [0, 0.05) is 30.7 Å². The molecule has 2 nitrogen and oxygen atoms in total. The van der Waals surface area contributed by atoms with Gasteiger partial charge in [-0.25, -0.2) is 0 Å². The van der Waals surface area contributed by atoms with Crippen LogP contribution in [0.1, 0.15) is 58.8 Å². The Hall–Kier alpha value is -0.0800. The largest absolute Gasteiger partial charge is 0.308 e. The van der Waals surface area contributed by atoms with E-state index in [1.54, 1.807) is 0 Å². The molecule has 1 spiro atoms. The molecule has 98 valence electrons. The summed E-state index contributed by atoms with van der Waals surface area (Å²) in [6, 6.07) is 0. The highest BCUT2D eigenvalue weighted by Crippen LogP contribution is 2.37. The van der Waals surface area contributed by atoms with Crippen LogP contribution in [0.25, 0.3) is 0 Å². The molecule has 0 bridgehead atoms. The molecule has 1 saturated heterocycles. The Labute approximate surface area is 106 Å². The number of nitrogens with one attached hydrogen (secondary N) is 1. The van der Waals surface area contributed by atoms with Crippen LogP contribution in [0.2, 0.25) is 0 Å². The van der Waals surface area contributed by atoms with Crippen LogP contribution in [0.5, 0.6) is 0 Å². The van der Waals surface area contributed by atoms with E-state index in [1.165, 1.54) is 64.6 Å². The van der Waals surface area contributed by atoms with E-state index in [1.807, 2.05) is 0 Å². The van der Waals surface area contributed by atoms with Crippen LogP contribution in [-0.4, -0.2) is 35.6 Å². The van der Waals surface area contributed by atoms with E-state index in [9.17, 15) is 0 Å². The van der Waals surface area contributed by atoms with Crippen molar-refractivity contribution in [3.8, 4) is 0 Å². The van der Waals surface area contributed by atoms with Gasteiger partial charge in [0.25, 0.3) is 0 Å². The summed E-state index contributed by atoms with van der Waals surface area (Å²) < 4.78 is 0. The van der Waals surface area contributed by atoms with Crippen molar-refractivity contribution in [1.82, 2.24) is 10.2 Å². The minimum Gasteiger partial charge on any atom is -0.308 e. The van der Waals surface area contributed by atoms with Gasteiger partial charge in [-0.3, -0.25) is 4.90 Å². The Morgan fingerprint density at radius 2 is 1.82 bits per heavy atom. The average molecular weight is 236 g/mol. The average Bonchev–Trinajstić information content (AvgIpc) is 3.10. The van der Waals surface area contributed by atoms with Gasteiger partial charge in [-0.05, 0) is 45.4 Å². The first-order valence-electron chi connectivity index (χ1n) is 7.60. The van der Waals surface area contributed by atoms with E-state index in [-0.39, 0.29) is 0 Å². The first-order chi connectivity index (χ1) is 8.10. The van der Waals surface area contributed by atoms with E-state index >= 15 is 0 Å². The molecule has 0 unspecified atom stereocenters. The van der Waals surface area contributed by atoms with Crippen molar-refractivity contribution in [2.45, 2.75) is 69.9 Å². The van der Waals surface area contributed by atoms with Crippen molar-refractivity contribution in [1.29, 1.82) is 0 Å². The highest BCUT2D eigenvalue weighted by molar-refractivity contribution is 5.03. The SMILES string of the molecule is CC1(C)CNC2(CCCCC2)CN1CC1CC1. The molecule has 2 saturated carbocycles. The number of hydrogen-bond donors (Lipinski definition) is 1.